The van der Waals surface area contributed by atoms with Gasteiger partial charge >= 0.3 is 0 Å². The van der Waals surface area contributed by atoms with E-state index in [0.717, 1.165) is 16.7 Å². The largest absolute Gasteiger partial charge is 0.341 e. The van der Waals surface area contributed by atoms with Gasteiger partial charge in [0, 0.05) is 38.6 Å². The highest BCUT2D eigenvalue weighted by Crippen LogP contribution is 2.27. The van der Waals surface area contributed by atoms with Crippen molar-refractivity contribution in [3.05, 3.63) is 78.6 Å². The molecule has 1 aliphatic heterocycles. The van der Waals surface area contributed by atoms with Crippen LogP contribution in [0.15, 0.2) is 73.1 Å². The van der Waals surface area contributed by atoms with Gasteiger partial charge in [-0.3, -0.25) is 14.3 Å². The molecule has 2 amide bonds. The maximum Gasteiger partial charge on any atom is 0.244 e. The second-order valence-corrected chi connectivity index (χ2v) is 7.89. The van der Waals surface area contributed by atoms with Crippen LogP contribution < -0.4 is 0 Å². The Hall–Kier alpha value is -3.41. The summed E-state index contributed by atoms with van der Waals surface area (Å²) in [6.07, 6.45) is 4.06. The maximum atomic E-state index is 13.3. The van der Waals surface area contributed by atoms with E-state index in [1.165, 1.54) is 0 Å². The molecule has 1 saturated heterocycles. The molecule has 160 valence electrons. The van der Waals surface area contributed by atoms with Crippen molar-refractivity contribution >= 4 is 11.8 Å². The summed E-state index contributed by atoms with van der Waals surface area (Å²) in [5.74, 6) is -0.149. The van der Waals surface area contributed by atoms with Crippen LogP contribution in [0.25, 0.3) is 11.1 Å². The quantitative estimate of drug-likeness (QED) is 0.620. The molecule has 1 fully saturated rings. The van der Waals surface area contributed by atoms with Crippen LogP contribution in [-0.4, -0.2) is 57.6 Å². The first-order chi connectivity index (χ1) is 15.2. The molecular weight excluding hydrogens is 388 g/mol. The highest BCUT2D eigenvalue weighted by molar-refractivity contribution is 5.82. The molecule has 4 rings (SSSR count). The fraction of sp³-hybridized carbons (Fsp3) is 0.320. The summed E-state index contributed by atoms with van der Waals surface area (Å²) in [6.45, 7) is 4.39. The van der Waals surface area contributed by atoms with E-state index >= 15 is 0 Å². The van der Waals surface area contributed by atoms with Gasteiger partial charge in [-0.2, -0.15) is 5.10 Å². The molecule has 0 aliphatic carbocycles. The minimum atomic E-state index is -0.270. The third-order valence-electron chi connectivity index (χ3n) is 5.90. The van der Waals surface area contributed by atoms with Crippen molar-refractivity contribution in [1.29, 1.82) is 0 Å². The number of carbonyl (C=O) groups is 2. The molecule has 31 heavy (non-hydrogen) atoms. The van der Waals surface area contributed by atoms with Crippen LogP contribution in [0.5, 0.6) is 0 Å². The molecule has 1 aliphatic rings. The summed E-state index contributed by atoms with van der Waals surface area (Å²) in [5.41, 5.74) is 3.40. The molecular formula is C25H28N4O2. The molecule has 1 aromatic heterocycles. The van der Waals surface area contributed by atoms with Gasteiger partial charge in [0.2, 0.25) is 11.8 Å². The Morgan fingerprint density at radius 2 is 1.81 bits per heavy atom. The van der Waals surface area contributed by atoms with Crippen molar-refractivity contribution in [1.82, 2.24) is 19.6 Å². The van der Waals surface area contributed by atoms with Crippen LogP contribution in [-0.2, 0) is 22.6 Å². The predicted octanol–water partition coefficient (Wildman–Crippen LogP) is 3.10. The zero-order valence-corrected chi connectivity index (χ0v) is 17.9. The fourth-order valence-corrected chi connectivity index (χ4v) is 4.23. The molecule has 0 bridgehead atoms. The Bertz CT molecular complexity index is 1020. The number of nitrogens with zero attached hydrogens (tertiary/aromatic N) is 4. The van der Waals surface area contributed by atoms with E-state index in [9.17, 15) is 9.59 Å². The number of hydrogen-bond acceptors (Lipinski definition) is 3. The summed E-state index contributed by atoms with van der Waals surface area (Å²) in [5, 5.41) is 4.14. The standard InChI is InChI=1S/C25H28N4O2/c1-2-27-15-16-28(24(30)19-29-14-8-13-26-29)18-22(25(27)31)17-21-11-6-7-12-23(21)20-9-4-3-5-10-20/h3-14,22H,2,15-19H2,1H3/t22-/m1/s1. The van der Waals surface area contributed by atoms with Gasteiger partial charge in [0.1, 0.15) is 6.54 Å². The Kier molecular flexibility index (Phi) is 6.46. The van der Waals surface area contributed by atoms with Gasteiger partial charge in [0.05, 0.1) is 5.92 Å². The average molecular weight is 417 g/mol. The summed E-state index contributed by atoms with van der Waals surface area (Å²) < 4.78 is 1.63. The maximum absolute atomic E-state index is 13.3. The summed E-state index contributed by atoms with van der Waals surface area (Å²) in [7, 11) is 0. The van der Waals surface area contributed by atoms with Crippen LogP contribution in [0.2, 0.25) is 0 Å². The van der Waals surface area contributed by atoms with E-state index in [0.29, 0.717) is 32.6 Å². The van der Waals surface area contributed by atoms with E-state index in [-0.39, 0.29) is 24.3 Å². The van der Waals surface area contributed by atoms with Crippen molar-refractivity contribution in [2.75, 3.05) is 26.2 Å². The topological polar surface area (TPSA) is 58.4 Å². The van der Waals surface area contributed by atoms with Crippen LogP contribution in [0.3, 0.4) is 0 Å². The first-order valence-corrected chi connectivity index (χ1v) is 10.8. The highest BCUT2D eigenvalue weighted by atomic mass is 16.2. The number of aromatic nitrogens is 2. The molecule has 0 radical (unpaired) electrons. The van der Waals surface area contributed by atoms with Crippen molar-refractivity contribution in [2.45, 2.75) is 19.9 Å². The van der Waals surface area contributed by atoms with E-state index in [1.807, 2.05) is 47.1 Å². The van der Waals surface area contributed by atoms with Crippen molar-refractivity contribution in [2.24, 2.45) is 5.92 Å². The lowest BCUT2D eigenvalue weighted by Crippen LogP contribution is -2.39. The number of likely N-dealkylation sites (N-methyl/N-ethyl adjacent to an activating group) is 1. The minimum absolute atomic E-state index is 0.00389. The van der Waals surface area contributed by atoms with Gasteiger partial charge in [0.25, 0.3) is 0 Å². The molecule has 2 heterocycles. The molecule has 6 nitrogen and oxygen atoms in total. The SMILES string of the molecule is CCN1CCN(C(=O)Cn2cccn2)C[C@@H](Cc2ccccc2-c2ccccc2)C1=O. The first-order valence-electron chi connectivity index (χ1n) is 10.8. The molecule has 6 heteroatoms. The van der Waals surface area contributed by atoms with Gasteiger partial charge in [-0.25, -0.2) is 0 Å². The molecule has 0 spiro atoms. The highest BCUT2D eigenvalue weighted by Gasteiger charge is 2.32. The lowest BCUT2D eigenvalue weighted by atomic mass is 9.91. The Balaban J connectivity index is 1.58. The van der Waals surface area contributed by atoms with Crippen LogP contribution in [0.1, 0.15) is 12.5 Å². The number of hydrogen-bond donors (Lipinski definition) is 0. The lowest BCUT2D eigenvalue weighted by molar-refractivity contribution is -0.135. The van der Waals surface area contributed by atoms with Crippen molar-refractivity contribution in [3.63, 3.8) is 0 Å². The van der Waals surface area contributed by atoms with Gasteiger partial charge < -0.3 is 9.80 Å². The number of rotatable bonds is 6. The van der Waals surface area contributed by atoms with Gasteiger partial charge in [-0.15, -0.1) is 0 Å². The smallest absolute Gasteiger partial charge is 0.244 e. The monoisotopic (exact) mass is 416 g/mol. The minimum Gasteiger partial charge on any atom is -0.341 e. The predicted molar refractivity (Wildman–Crippen MR) is 120 cm³/mol. The molecule has 0 N–H and O–H groups in total. The third kappa shape index (κ3) is 4.85. The summed E-state index contributed by atoms with van der Waals surface area (Å²) in [4.78, 5) is 29.9. The number of amides is 2. The van der Waals surface area contributed by atoms with E-state index in [1.54, 1.807) is 23.1 Å². The van der Waals surface area contributed by atoms with Crippen LogP contribution in [0, 0.1) is 5.92 Å². The molecule has 0 saturated carbocycles. The van der Waals surface area contributed by atoms with E-state index < -0.39 is 0 Å². The second-order valence-electron chi connectivity index (χ2n) is 7.89. The van der Waals surface area contributed by atoms with Crippen molar-refractivity contribution < 1.29 is 9.59 Å². The van der Waals surface area contributed by atoms with E-state index in [2.05, 4.69) is 29.4 Å². The van der Waals surface area contributed by atoms with Gasteiger partial charge in [0.15, 0.2) is 0 Å². The molecule has 1 atom stereocenters. The second kappa shape index (κ2) is 9.60. The molecule has 3 aromatic rings. The zero-order chi connectivity index (χ0) is 21.6. The van der Waals surface area contributed by atoms with Crippen molar-refractivity contribution in [3.8, 4) is 11.1 Å². The van der Waals surface area contributed by atoms with Crippen LogP contribution in [0.4, 0.5) is 0 Å². The summed E-state index contributed by atoms with van der Waals surface area (Å²) >= 11 is 0. The molecule has 2 aromatic carbocycles. The number of carbonyl (C=O) groups excluding carboxylic acids is 2. The Labute approximate surface area is 183 Å². The first kappa shape index (κ1) is 20.8. The van der Waals surface area contributed by atoms with Gasteiger partial charge in [-0.1, -0.05) is 54.6 Å². The Morgan fingerprint density at radius 1 is 1.03 bits per heavy atom. The Morgan fingerprint density at radius 3 is 2.55 bits per heavy atom. The summed E-state index contributed by atoms with van der Waals surface area (Å²) in [6, 6.07) is 20.3. The zero-order valence-electron chi connectivity index (χ0n) is 17.9. The number of benzene rings is 2. The van der Waals surface area contributed by atoms with Gasteiger partial charge in [-0.05, 0) is 36.1 Å². The average Bonchev–Trinajstić information content (AvgIpc) is 3.26. The van der Waals surface area contributed by atoms with Crippen LogP contribution >= 0.6 is 0 Å². The fourth-order valence-electron chi connectivity index (χ4n) is 4.23. The normalized spacial score (nSPS) is 16.9. The van der Waals surface area contributed by atoms with E-state index in [4.69, 9.17) is 0 Å². The molecule has 0 unspecified atom stereocenters. The lowest BCUT2D eigenvalue weighted by Gasteiger charge is -2.24. The third-order valence-corrected chi connectivity index (χ3v) is 5.90.